The monoisotopic (exact) mass is 394 g/mol. The molecule has 1 heterocycles. The topological polar surface area (TPSA) is 32.3 Å². The Morgan fingerprint density at radius 1 is 1.19 bits per heavy atom. The molecule has 0 radical (unpaired) electrons. The van der Waals surface area contributed by atoms with E-state index in [4.69, 9.17) is 11.6 Å². The molecule has 1 aliphatic heterocycles. The van der Waals surface area contributed by atoms with Gasteiger partial charge in [0.1, 0.15) is 5.82 Å². The zero-order chi connectivity index (χ0) is 17.4. The first-order chi connectivity index (χ1) is 12.1. The molecule has 2 aromatic rings. The molecule has 1 amide bonds. The molecule has 1 N–H and O–H groups in total. The summed E-state index contributed by atoms with van der Waals surface area (Å²) < 4.78 is 13.6. The molecule has 3 atom stereocenters. The Kier molecular flexibility index (Phi) is 5.86. The quantitative estimate of drug-likeness (QED) is 0.846. The average molecular weight is 395 g/mol. The van der Waals surface area contributed by atoms with Crippen molar-refractivity contribution < 1.29 is 9.18 Å². The zero-order valence-electron chi connectivity index (χ0n) is 14.2. The second kappa shape index (κ2) is 7.95. The van der Waals surface area contributed by atoms with Crippen LogP contribution in [0.1, 0.15) is 29.5 Å². The summed E-state index contributed by atoms with van der Waals surface area (Å²) in [6.07, 6.45) is 0.836. The van der Waals surface area contributed by atoms with E-state index in [0.717, 1.165) is 29.1 Å². The molecule has 6 heteroatoms. The minimum atomic E-state index is -0.268. The van der Waals surface area contributed by atoms with Crippen LogP contribution in [0.15, 0.2) is 48.5 Å². The van der Waals surface area contributed by atoms with Crippen LogP contribution in [-0.4, -0.2) is 30.4 Å². The number of benzene rings is 2. The van der Waals surface area contributed by atoms with Gasteiger partial charge in [-0.1, -0.05) is 41.9 Å². The largest absolute Gasteiger partial charge is 0.333 e. The van der Waals surface area contributed by atoms with E-state index in [1.807, 2.05) is 35.2 Å². The number of amides is 1. The average Bonchev–Trinajstić information content (AvgIpc) is 3.42. The van der Waals surface area contributed by atoms with E-state index >= 15 is 0 Å². The van der Waals surface area contributed by atoms with Crippen molar-refractivity contribution in [2.45, 2.75) is 18.4 Å². The minimum absolute atomic E-state index is 0. The molecule has 0 aromatic heterocycles. The normalized spacial score (nSPS) is 24.7. The maximum atomic E-state index is 13.6. The van der Waals surface area contributed by atoms with Crippen LogP contribution < -0.4 is 5.32 Å². The number of piperazine rings is 1. The van der Waals surface area contributed by atoms with Gasteiger partial charge in [-0.3, -0.25) is 4.79 Å². The summed E-state index contributed by atoms with van der Waals surface area (Å²) in [6, 6.07) is 14.2. The molecule has 1 saturated heterocycles. The van der Waals surface area contributed by atoms with E-state index in [1.165, 1.54) is 12.1 Å². The summed E-state index contributed by atoms with van der Waals surface area (Å²) in [5.41, 5.74) is 1.90. The van der Waals surface area contributed by atoms with E-state index in [0.29, 0.717) is 13.1 Å². The summed E-state index contributed by atoms with van der Waals surface area (Å²) in [7, 11) is 0. The number of rotatable bonds is 3. The van der Waals surface area contributed by atoms with Crippen LogP contribution in [-0.2, 0) is 4.79 Å². The Labute approximate surface area is 163 Å². The van der Waals surface area contributed by atoms with Crippen LogP contribution in [0.25, 0.3) is 0 Å². The van der Waals surface area contributed by atoms with Crippen molar-refractivity contribution in [3.63, 3.8) is 0 Å². The Balaban J connectivity index is 0.00000196. The SMILES string of the molecule is Cl.O=C(C1CC1c1ccccc1Cl)N1CCNCC1c1cccc(F)c1. The minimum Gasteiger partial charge on any atom is -0.333 e. The Morgan fingerprint density at radius 3 is 2.77 bits per heavy atom. The van der Waals surface area contributed by atoms with Gasteiger partial charge in [-0.2, -0.15) is 0 Å². The maximum Gasteiger partial charge on any atom is 0.226 e. The fourth-order valence-electron chi connectivity index (χ4n) is 3.78. The molecule has 2 aliphatic rings. The zero-order valence-corrected chi connectivity index (χ0v) is 15.8. The first-order valence-corrected chi connectivity index (χ1v) is 9.04. The van der Waals surface area contributed by atoms with Crippen LogP contribution in [0, 0.1) is 11.7 Å². The summed E-state index contributed by atoms with van der Waals surface area (Å²) in [4.78, 5) is 15.0. The lowest BCUT2D eigenvalue weighted by molar-refractivity contribution is -0.136. The lowest BCUT2D eigenvalue weighted by atomic mass is 10.0. The van der Waals surface area contributed by atoms with Gasteiger partial charge in [-0.15, -0.1) is 12.4 Å². The van der Waals surface area contributed by atoms with Gasteiger partial charge in [0.05, 0.1) is 6.04 Å². The molecular formula is C20H21Cl2FN2O. The van der Waals surface area contributed by atoms with Gasteiger partial charge in [0.2, 0.25) is 5.91 Å². The first kappa shape index (κ1) is 19.2. The first-order valence-electron chi connectivity index (χ1n) is 8.66. The Bertz CT molecular complexity index is 801. The van der Waals surface area contributed by atoms with Crippen molar-refractivity contribution in [3.05, 3.63) is 70.5 Å². The molecule has 0 spiro atoms. The number of halogens is 3. The van der Waals surface area contributed by atoms with Gasteiger partial charge < -0.3 is 10.2 Å². The van der Waals surface area contributed by atoms with Crippen molar-refractivity contribution in [3.8, 4) is 0 Å². The highest BCUT2D eigenvalue weighted by atomic mass is 35.5. The lowest BCUT2D eigenvalue weighted by Crippen LogP contribution is -2.49. The molecular weight excluding hydrogens is 374 g/mol. The Hall–Kier alpha value is -1.62. The number of hydrogen-bond donors (Lipinski definition) is 1. The van der Waals surface area contributed by atoms with Crippen LogP contribution >= 0.6 is 24.0 Å². The van der Waals surface area contributed by atoms with Crippen molar-refractivity contribution >= 4 is 29.9 Å². The molecule has 3 unspecified atom stereocenters. The van der Waals surface area contributed by atoms with E-state index < -0.39 is 0 Å². The summed E-state index contributed by atoms with van der Waals surface area (Å²) in [5, 5.41) is 4.04. The van der Waals surface area contributed by atoms with E-state index in [2.05, 4.69) is 5.32 Å². The molecule has 138 valence electrons. The third kappa shape index (κ3) is 3.73. The number of nitrogens with one attached hydrogen (secondary N) is 1. The Morgan fingerprint density at radius 2 is 2.00 bits per heavy atom. The third-order valence-corrected chi connectivity index (χ3v) is 5.52. The third-order valence-electron chi connectivity index (χ3n) is 5.17. The highest BCUT2D eigenvalue weighted by Gasteiger charge is 2.48. The van der Waals surface area contributed by atoms with Gasteiger partial charge in [0.25, 0.3) is 0 Å². The summed E-state index contributed by atoms with van der Waals surface area (Å²) >= 11 is 6.28. The molecule has 1 saturated carbocycles. The van der Waals surface area contributed by atoms with E-state index in [-0.39, 0.29) is 42.0 Å². The van der Waals surface area contributed by atoms with Gasteiger partial charge in [0, 0.05) is 30.6 Å². The van der Waals surface area contributed by atoms with E-state index in [9.17, 15) is 9.18 Å². The summed E-state index contributed by atoms with van der Waals surface area (Å²) in [6.45, 7) is 2.06. The van der Waals surface area contributed by atoms with Crippen LogP contribution in [0.5, 0.6) is 0 Å². The molecule has 26 heavy (non-hydrogen) atoms. The van der Waals surface area contributed by atoms with E-state index in [1.54, 1.807) is 6.07 Å². The molecule has 2 aromatic carbocycles. The van der Waals surface area contributed by atoms with Crippen molar-refractivity contribution in [1.82, 2.24) is 10.2 Å². The molecule has 1 aliphatic carbocycles. The standard InChI is InChI=1S/C20H20ClFN2O.ClH/c21-18-7-2-1-6-15(18)16-11-17(16)20(25)24-9-8-23-12-19(24)13-4-3-5-14(22)10-13;/h1-7,10,16-17,19,23H,8-9,11-12H2;1H. The molecule has 3 nitrogen and oxygen atoms in total. The number of carbonyl (C=O) groups excluding carboxylic acids is 1. The second-order valence-corrected chi connectivity index (χ2v) is 7.18. The molecule has 4 rings (SSSR count). The fraction of sp³-hybridized carbons (Fsp3) is 0.350. The van der Waals surface area contributed by atoms with Crippen LogP contribution in [0.3, 0.4) is 0 Å². The number of carbonyl (C=O) groups is 1. The van der Waals surface area contributed by atoms with Crippen molar-refractivity contribution in [2.24, 2.45) is 5.92 Å². The molecule has 0 bridgehead atoms. The lowest BCUT2D eigenvalue weighted by Gasteiger charge is -2.37. The van der Waals surface area contributed by atoms with Crippen LogP contribution in [0.4, 0.5) is 4.39 Å². The van der Waals surface area contributed by atoms with Gasteiger partial charge in [-0.05, 0) is 41.7 Å². The number of nitrogens with zero attached hydrogens (tertiary/aromatic N) is 1. The highest BCUT2D eigenvalue weighted by Crippen LogP contribution is 2.51. The smallest absolute Gasteiger partial charge is 0.226 e. The van der Waals surface area contributed by atoms with Gasteiger partial charge in [0.15, 0.2) is 0 Å². The summed E-state index contributed by atoms with van der Waals surface area (Å²) in [5.74, 6) is 0.0647. The second-order valence-electron chi connectivity index (χ2n) is 6.78. The van der Waals surface area contributed by atoms with Crippen molar-refractivity contribution in [2.75, 3.05) is 19.6 Å². The highest BCUT2D eigenvalue weighted by molar-refractivity contribution is 6.31. The molecule has 2 fully saturated rings. The van der Waals surface area contributed by atoms with Gasteiger partial charge >= 0.3 is 0 Å². The predicted molar refractivity (Wildman–Crippen MR) is 103 cm³/mol. The maximum absolute atomic E-state index is 13.6. The predicted octanol–water partition coefficient (Wildman–Crippen LogP) is 4.18. The van der Waals surface area contributed by atoms with Gasteiger partial charge in [-0.25, -0.2) is 4.39 Å². The van der Waals surface area contributed by atoms with Crippen molar-refractivity contribution in [1.29, 1.82) is 0 Å². The van der Waals surface area contributed by atoms with Crippen LogP contribution in [0.2, 0.25) is 5.02 Å². The fourth-order valence-corrected chi connectivity index (χ4v) is 4.06. The number of hydrogen-bond acceptors (Lipinski definition) is 2.